The van der Waals surface area contributed by atoms with Crippen LogP contribution < -0.4 is 5.73 Å². The van der Waals surface area contributed by atoms with Crippen LogP contribution in [0, 0.1) is 5.82 Å². The van der Waals surface area contributed by atoms with E-state index in [-0.39, 0.29) is 5.82 Å². The predicted octanol–water partition coefficient (Wildman–Crippen LogP) is 4.53. The number of anilines is 1. The fraction of sp³-hybridized carbons (Fsp3) is 0. The third kappa shape index (κ3) is 2.99. The molecule has 5 heteroatoms. The third-order valence-corrected chi connectivity index (χ3v) is 3.93. The minimum Gasteiger partial charge on any atom is -0.399 e. The molecule has 0 saturated heterocycles. The highest BCUT2D eigenvalue weighted by Gasteiger charge is 2.16. The van der Waals surface area contributed by atoms with Gasteiger partial charge in [-0.15, -0.1) is 0 Å². The smallest absolute Gasteiger partial charge is 0.138 e. The number of halogens is 1. The normalized spacial score (nSPS) is 10.8. The molecular weight excluding hydrogens is 315 g/mol. The molecule has 0 spiro atoms. The Balaban J connectivity index is 1.89. The van der Waals surface area contributed by atoms with E-state index in [2.05, 4.69) is 9.97 Å². The van der Waals surface area contributed by atoms with Crippen molar-refractivity contribution in [3.63, 3.8) is 0 Å². The fourth-order valence-electron chi connectivity index (χ4n) is 2.66. The number of hydrogen-bond acceptors (Lipinski definition) is 3. The van der Waals surface area contributed by atoms with E-state index in [9.17, 15) is 4.39 Å². The molecule has 4 nitrogen and oxygen atoms in total. The maximum atomic E-state index is 13.3. The van der Waals surface area contributed by atoms with Gasteiger partial charge in [-0.05, 0) is 60.7 Å². The Kier molecular flexibility index (Phi) is 3.74. The molecule has 0 saturated carbocycles. The third-order valence-electron chi connectivity index (χ3n) is 3.93. The summed E-state index contributed by atoms with van der Waals surface area (Å²) in [7, 11) is 0. The molecule has 25 heavy (non-hydrogen) atoms. The van der Waals surface area contributed by atoms with E-state index in [0.717, 1.165) is 28.2 Å². The first-order valence-electron chi connectivity index (χ1n) is 7.84. The van der Waals surface area contributed by atoms with E-state index in [1.807, 2.05) is 42.5 Å². The number of benzene rings is 2. The summed E-state index contributed by atoms with van der Waals surface area (Å²) in [6, 6.07) is 19.4. The van der Waals surface area contributed by atoms with Gasteiger partial charge in [-0.25, -0.2) is 9.37 Å². The Morgan fingerprint density at radius 1 is 0.840 bits per heavy atom. The highest BCUT2D eigenvalue weighted by molar-refractivity contribution is 5.79. The largest absolute Gasteiger partial charge is 0.399 e. The number of nitrogens with two attached hydrogens (primary N) is 1. The van der Waals surface area contributed by atoms with Gasteiger partial charge >= 0.3 is 0 Å². The van der Waals surface area contributed by atoms with Crippen molar-refractivity contribution >= 4 is 5.69 Å². The van der Waals surface area contributed by atoms with Gasteiger partial charge in [0.1, 0.15) is 11.6 Å². The molecule has 0 amide bonds. The lowest BCUT2D eigenvalue weighted by molar-refractivity contribution is 0.628. The van der Waals surface area contributed by atoms with Gasteiger partial charge in [0.05, 0.1) is 17.1 Å². The number of nitrogen functional groups attached to an aromatic ring is 1. The Hall–Kier alpha value is -3.47. The zero-order valence-electron chi connectivity index (χ0n) is 13.3. The lowest BCUT2D eigenvalue weighted by Gasteiger charge is -2.02. The van der Waals surface area contributed by atoms with E-state index in [0.29, 0.717) is 11.5 Å². The Morgan fingerprint density at radius 2 is 1.56 bits per heavy atom. The number of aromatic nitrogens is 3. The number of rotatable bonds is 3. The van der Waals surface area contributed by atoms with Crippen molar-refractivity contribution in [2.75, 3.05) is 5.73 Å². The maximum absolute atomic E-state index is 13.3. The second-order valence-corrected chi connectivity index (χ2v) is 5.65. The minimum absolute atomic E-state index is 0.280. The van der Waals surface area contributed by atoms with Crippen LogP contribution in [0.5, 0.6) is 0 Å². The van der Waals surface area contributed by atoms with Crippen molar-refractivity contribution in [3.05, 3.63) is 78.7 Å². The summed E-state index contributed by atoms with van der Waals surface area (Å²) in [6.45, 7) is 0. The van der Waals surface area contributed by atoms with Crippen molar-refractivity contribution in [1.29, 1.82) is 0 Å². The van der Waals surface area contributed by atoms with E-state index in [1.54, 1.807) is 18.3 Å². The van der Waals surface area contributed by atoms with Crippen LogP contribution in [0.1, 0.15) is 0 Å². The summed E-state index contributed by atoms with van der Waals surface area (Å²) in [5.74, 6) is 0.428. The molecule has 0 aliphatic rings. The first kappa shape index (κ1) is 15.1. The number of aromatic amines is 1. The molecule has 0 radical (unpaired) electrons. The SMILES string of the molecule is Nc1ccc(-c2nc(-c3ccc(F)cc3)c(-c3ccccn3)[nH]2)cc1. The second kappa shape index (κ2) is 6.20. The van der Waals surface area contributed by atoms with Crippen molar-refractivity contribution < 1.29 is 4.39 Å². The molecule has 0 aliphatic heterocycles. The fourth-order valence-corrected chi connectivity index (χ4v) is 2.66. The van der Waals surface area contributed by atoms with Crippen LogP contribution in [0.2, 0.25) is 0 Å². The first-order valence-corrected chi connectivity index (χ1v) is 7.84. The molecule has 2 aromatic carbocycles. The summed E-state index contributed by atoms with van der Waals surface area (Å²) >= 11 is 0. The van der Waals surface area contributed by atoms with Gasteiger partial charge in [0.15, 0.2) is 0 Å². The van der Waals surface area contributed by atoms with Crippen LogP contribution in [0.15, 0.2) is 72.9 Å². The highest BCUT2D eigenvalue weighted by Crippen LogP contribution is 2.32. The summed E-state index contributed by atoms with van der Waals surface area (Å²) in [4.78, 5) is 12.5. The van der Waals surface area contributed by atoms with Crippen LogP contribution in [0.4, 0.5) is 10.1 Å². The lowest BCUT2D eigenvalue weighted by Crippen LogP contribution is -1.86. The number of nitrogens with one attached hydrogen (secondary N) is 1. The van der Waals surface area contributed by atoms with Gasteiger partial charge in [0, 0.05) is 23.0 Å². The van der Waals surface area contributed by atoms with Gasteiger partial charge in [0.2, 0.25) is 0 Å². The standard InChI is InChI=1S/C20H15FN4/c21-15-8-4-13(5-9-15)18-19(17-3-1-2-12-23-17)25-20(24-18)14-6-10-16(22)11-7-14/h1-12H,22H2,(H,24,25). The number of nitrogens with zero attached hydrogens (tertiary/aromatic N) is 2. The van der Waals surface area contributed by atoms with Crippen LogP contribution in [0.25, 0.3) is 34.0 Å². The molecule has 0 fully saturated rings. The molecule has 4 aromatic rings. The van der Waals surface area contributed by atoms with Crippen molar-refractivity contribution in [2.24, 2.45) is 0 Å². The molecule has 122 valence electrons. The van der Waals surface area contributed by atoms with Crippen LogP contribution in [-0.4, -0.2) is 15.0 Å². The molecule has 3 N–H and O–H groups in total. The summed E-state index contributed by atoms with van der Waals surface area (Å²) in [5.41, 5.74) is 10.5. The van der Waals surface area contributed by atoms with Crippen molar-refractivity contribution in [3.8, 4) is 34.0 Å². The minimum atomic E-state index is -0.280. The predicted molar refractivity (Wildman–Crippen MR) is 97.1 cm³/mol. The Labute approximate surface area is 144 Å². The maximum Gasteiger partial charge on any atom is 0.138 e. The Bertz CT molecular complexity index is 990. The van der Waals surface area contributed by atoms with Crippen molar-refractivity contribution in [2.45, 2.75) is 0 Å². The summed E-state index contributed by atoms with van der Waals surface area (Å²) in [6.07, 6.45) is 1.73. The summed E-state index contributed by atoms with van der Waals surface area (Å²) < 4.78 is 13.3. The monoisotopic (exact) mass is 330 g/mol. The number of hydrogen-bond donors (Lipinski definition) is 2. The summed E-state index contributed by atoms with van der Waals surface area (Å²) in [5, 5.41) is 0. The first-order chi connectivity index (χ1) is 12.2. The topological polar surface area (TPSA) is 67.6 Å². The molecule has 0 atom stereocenters. The zero-order chi connectivity index (χ0) is 17.2. The molecule has 0 aliphatic carbocycles. The highest BCUT2D eigenvalue weighted by atomic mass is 19.1. The Morgan fingerprint density at radius 3 is 2.24 bits per heavy atom. The van der Waals surface area contributed by atoms with Gasteiger partial charge in [-0.2, -0.15) is 0 Å². The quantitative estimate of drug-likeness (QED) is 0.542. The number of pyridine rings is 1. The van der Waals surface area contributed by atoms with Crippen molar-refractivity contribution in [1.82, 2.24) is 15.0 Å². The van der Waals surface area contributed by atoms with Crippen LogP contribution >= 0.6 is 0 Å². The number of H-pyrrole nitrogens is 1. The van der Waals surface area contributed by atoms with Gasteiger partial charge < -0.3 is 10.7 Å². The van der Waals surface area contributed by atoms with E-state index < -0.39 is 0 Å². The van der Waals surface area contributed by atoms with E-state index in [4.69, 9.17) is 10.7 Å². The van der Waals surface area contributed by atoms with Crippen LogP contribution in [0.3, 0.4) is 0 Å². The molecule has 2 aromatic heterocycles. The van der Waals surface area contributed by atoms with Gasteiger partial charge in [0.25, 0.3) is 0 Å². The lowest BCUT2D eigenvalue weighted by atomic mass is 10.1. The number of imidazole rings is 1. The average molecular weight is 330 g/mol. The van der Waals surface area contributed by atoms with Gasteiger partial charge in [-0.1, -0.05) is 6.07 Å². The molecular formula is C20H15FN4. The van der Waals surface area contributed by atoms with Crippen LogP contribution in [-0.2, 0) is 0 Å². The molecule has 4 rings (SSSR count). The molecule has 0 bridgehead atoms. The zero-order valence-corrected chi connectivity index (χ0v) is 13.3. The molecule has 0 unspecified atom stereocenters. The van der Waals surface area contributed by atoms with E-state index in [1.165, 1.54) is 12.1 Å². The van der Waals surface area contributed by atoms with E-state index >= 15 is 0 Å². The second-order valence-electron chi connectivity index (χ2n) is 5.65. The average Bonchev–Trinajstić information content (AvgIpc) is 3.09. The van der Waals surface area contributed by atoms with Gasteiger partial charge in [-0.3, -0.25) is 4.98 Å². The molecule has 2 heterocycles.